The Balaban J connectivity index is 1.69. The molecule has 1 aliphatic rings. The van der Waals surface area contributed by atoms with Gasteiger partial charge in [-0.2, -0.15) is 0 Å². The van der Waals surface area contributed by atoms with Crippen molar-refractivity contribution >= 4 is 15.9 Å². The molecule has 1 amide bonds. The molecule has 1 heterocycles. The van der Waals surface area contributed by atoms with Gasteiger partial charge in [-0.1, -0.05) is 18.6 Å². The topological polar surface area (TPSA) is 92.5 Å². The quantitative estimate of drug-likeness (QED) is 0.772. The van der Waals surface area contributed by atoms with Gasteiger partial charge in [-0.05, 0) is 57.0 Å². The summed E-state index contributed by atoms with van der Waals surface area (Å²) in [4.78, 5) is 14.4. The van der Waals surface area contributed by atoms with E-state index in [1.807, 2.05) is 0 Å². The fraction of sp³-hybridized carbons (Fsp3) is 0.588. The van der Waals surface area contributed by atoms with Gasteiger partial charge in [0, 0.05) is 19.0 Å². The Hall–Kier alpha value is -1.44. The Morgan fingerprint density at radius 3 is 2.62 bits per heavy atom. The van der Waals surface area contributed by atoms with Crippen LogP contribution in [0.3, 0.4) is 0 Å². The maximum absolute atomic E-state index is 11.9. The van der Waals surface area contributed by atoms with Crippen LogP contribution in [0.25, 0.3) is 0 Å². The number of benzene rings is 1. The number of primary sulfonamides is 1. The lowest BCUT2D eigenvalue weighted by Crippen LogP contribution is -2.37. The van der Waals surface area contributed by atoms with E-state index in [0.29, 0.717) is 25.4 Å². The molecule has 0 bridgehead atoms. The maximum Gasteiger partial charge on any atom is 0.238 e. The summed E-state index contributed by atoms with van der Waals surface area (Å²) in [6.45, 7) is 1.68. The van der Waals surface area contributed by atoms with Gasteiger partial charge in [0.2, 0.25) is 15.9 Å². The summed E-state index contributed by atoms with van der Waals surface area (Å²) in [6, 6.07) is 6.96. The first-order valence-electron chi connectivity index (χ1n) is 8.45. The molecule has 1 fully saturated rings. The molecule has 1 aromatic carbocycles. The molecular formula is C17H27N3O3S. The van der Waals surface area contributed by atoms with Crippen molar-refractivity contribution in [2.45, 2.75) is 49.5 Å². The largest absolute Gasteiger partial charge is 0.356 e. The first-order chi connectivity index (χ1) is 11.4. The van der Waals surface area contributed by atoms with Crippen LogP contribution >= 0.6 is 0 Å². The molecule has 2 rings (SSSR count). The van der Waals surface area contributed by atoms with E-state index >= 15 is 0 Å². The van der Waals surface area contributed by atoms with Crippen LogP contribution in [-0.4, -0.2) is 45.4 Å². The van der Waals surface area contributed by atoms with Crippen molar-refractivity contribution in [2.24, 2.45) is 5.14 Å². The van der Waals surface area contributed by atoms with Crippen molar-refractivity contribution in [3.63, 3.8) is 0 Å². The van der Waals surface area contributed by atoms with E-state index in [2.05, 4.69) is 17.3 Å². The highest BCUT2D eigenvalue weighted by Gasteiger charge is 2.19. The maximum atomic E-state index is 11.9. The second kappa shape index (κ2) is 8.60. The van der Waals surface area contributed by atoms with Crippen LogP contribution < -0.4 is 10.5 Å². The molecule has 0 aliphatic carbocycles. The zero-order valence-electron chi connectivity index (χ0n) is 14.2. The minimum absolute atomic E-state index is 0.0788. The Kier molecular flexibility index (Phi) is 6.77. The van der Waals surface area contributed by atoms with Gasteiger partial charge in [-0.15, -0.1) is 0 Å². The number of carbonyl (C=O) groups excluding carboxylic acids is 1. The number of nitrogens with two attached hydrogens (primary N) is 1. The molecule has 24 heavy (non-hydrogen) atoms. The van der Waals surface area contributed by atoms with E-state index < -0.39 is 10.0 Å². The highest BCUT2D eigenvalue weighted by molar-refractivity contribution is 7.89. The SMILES string of the molecule is CN1CCCC[C@@H]1CCC(=O)NCCc1ccc(S(N)(=O)=O)cc1. The third-order valence-corrected chi connectivity index (χ3v) is 5.54. The van der Waals surface area contributed by atoms with Gasteiger partial charge in [-0.3, -0.25) is 4.79 Å². The lowest BCUT2D eigenvalue weighted by Gasteiger charge is -2.32. The number of piperidine rings is 1. The molecule has 7 heteroatoms. The number of rotatable bonds is 7. The van der Waals surface area contributed by atoms with Crippen LogP contribution in [-0.2, 0) is 21.2 Å². The molecule has 0 unspecified atom stereocenters. The Bertz CT molecular complexity index is 644. The van der Waals surface area contributed by atoms with E-state index in [9.17, 15) is 13.2 Å². The summed E-state index contributed by atoms with van der Waals surface area (Å²) < 4.78 is 22.4. The van der Waals surface area contributed by atoms with Crippen molar-refractivity contribution < 1.29 is 13.2 Å². The number of likely N-dealkylation sites (tertiary alicyclic amines) is 1. The average Bonchev–Trinajstić information content (AvgIpc) is 2.54. The molecule has 6 nitrogen and oxygen atoms in total. The van der Waals surface area contributed by atoms with Gasteiger partial charge >= 0.3 is 0 Å². The van der Waals surface area contributed by atoms with Gasteiger partial charge in [0.1, 0.15) is 0 Å². The summed E-state index contributed by atoms with van der Waals surface area (Å²) >= 11 is 0. The molecule has 1 aliphatic heterocycles. The van der Waals surface area contributed by atoms with Crippen molar-refractivity contribution in [3.8, 4) is 0 Å². The van der Waals surface area contributed by atoms with E-state index in [-0.39, 0.29) is 10.8 Å². The van der Waals surface area contributed by atoms with Crippen molar-refractivity contribution in [3.05, 3.63) is 29.8 Å². The number of hydrogen-bond donors (Lipinski definition) is 2. The molecule has 3 N–H and O–H groups in total. The molecule has 0 saturated carbocycles. The molecule has 1 aromatic rings. The van der Waals surface area contributed by atoms with Gasteiger partial charge in [0.15, 0.2) is 0 Å². The molecule has 0 aromatic heterocycles. The summed E-state index contributed by atoms with van der Waals surface area (Å²) in [5, 5.41) is 7.99. The van der Waals surface area contributed by atoms with E-state index in [4.69, 9.17) is 5.14 Å². The third-order valence-electron chi connectivity index (χ3n) is 4.61. The first kappa shape index (κ1) is 18.9. The Morgan fingerprint density at radius 2 is 2.00 bits per heavy atom. The lowest BCUT2D eigenvalue weighted by molar-refractivity contribution is -0.121. The molecule has 134 valence electrons. The monoisotopic (exact) mass is 353 g/mol. The van der Waals surface area contributed by atoms with E-state index in [1.165, 1.54) is 31.4 Å². The highest BCUT2D eigenvalue weighted by atomic mass is 32.2. The van der Waals surface area contributed by atoms with Crippen molar-refractivity contribution in [1.29, 1.82) is 0 Å². The molecular weight excluding hydrogens is 326 g/mol. The second-order valence-corrected chi connectivity index (χ2v) is 8.02. The van der Waals surface area contributed by atoms with Crippen LogP contribution in [0, 0.1) is 0 Å². The van der Waals surface area contributed by atoms with Gasteiger partial charge in [-0.25, -0.2) is 13.6 Å². The summed E-state index contributed by atoms with van der Waals surface area (Å²) in [5.74, 6) is 0.0788. The number of sulfonamides is 1. The number of carbonyl (C=O) groups is 1. The minimum atomic E-state index is -3.65. The highest BCUT2D eigenvalue weighted by Crippen LogP contribution is 2.18. The standard InChI is InChI=1S/C17H27N3O3S/c1-20-13-3-2-4-15(20)7-10-17(21)19-12-11-14-5-8-16(9-6-14)24(18,22)23/h5-6,8-9,15H,2-4,7,10-13H2,1H3,(H,19,21)(H2,18,22,23)/t15-/m1/s1. The number of hydrogen-bond acceptors (Lipinski definition) is 4. The van der Waals surface area contributed by atoms with Crippen LogP contribution in [0.5, 0.6) is 0 Å². The molecule has 1 saturated heterocycles. The van der Waals surface area contributed by atoms with Gasteiger partial charge < -0.3 is 10.2 Å². The Morgan fingerprint density at radius 1 is 1.29 bits per heavy atom. The fourth-order valence-electron chi connectivity index (χ4n) is 3.09. The molecule has 0 spiro atoms. The summed E-state index contributed by atoms with van der Waals surface area (Å²) in [5.41, 5.74) is 0.967. The number of nitrogens with zero attached hydrogens (tertiary/aromatic N) is 1. The number of nitrogens with one attached hydrogen (secondary N) is 1. The predicted molar refractivity (Wildman–Crippen MR) is 94.0 cm³/mol. The van der Waals surface area contributed by atoms with Crippen LogP contribution in [0.2, 0.25) is 0 Å². The van der Waals surface area contributed by atoms with E-state index in [1.54, 1.807) is 12.1 Å². The van der Waals surface area contributed by atoms with E-state index in [0.717, 1.165) is 18.5 Å². The third kappa shape index (κ3) is 5.89. The zero-order valence-corrected chi connectivity index (χ0v) is 15.0. The summed E-state index contributed by atoms with van der Waals surface area (Å²) in [7, 11) is -1.52. The predicted octanol–water partition coefficient (Wildman–Crippen LogP) is 1.26. The Labute approximate surface area is 144 Å². The van der Waals surface area contributed by atoms with Crippen molar-refractivity contribution in [2.75, 3.05) is 20.1 Å². The lowest BCUT2D eigenvalue weighted by atomic mass is 9.98. The van der Waals surface area contributed by atoms with Crippen molar-refractivity contribution in [1.82, 2.24) is 10.2 Å². The average molecular weight is 353 g/mol. The van der Waals surface area contributed by atoms with Crippen LogP contribution in [0.15, 0.2) is 29.2 Å². The smallest absolute Gasteiger partial charge is 0.238 e. The molecule has 0 radical (unpaired) electrons. The zero-order chi connectivity index (χ0) is 17.6. The minimum Gasteiger partial charge on any atom is -0.356 e. The van der Waals surface area contributed by atoms with Gasteiger partial charge in [0.25, 0.3) is 0 Å². The fourth-order valence-corrected chi connectivity index (χ4v) is 3.60. The van der Waals surface area contributed by atoms with Gasteiger partial charge in [0.05, 0.1) is 4.90 Å². The number of amides is 1. The normalized spacial score (nSPS) is 19.2. The summed E-state index contributed by atoms with van der Waals surface area (Å²) in [6.07, 6.45) is 5.82. The first-order valence-corrected chi connectivity index (χ1v) is 9.99. The second-order valence-electron chi connectivity index (χ2n) is 6.46. The van der Waals surface area contributed by atoms with Crippen LogP contribution in [0.1, 0.15) is 37.7 Å². The molecule has 1 atom stereocenters. The van der Waals surface area contributed by atoms with Crippen LogP contribution in [0.4, 0.5) is 0 Å².